The van der Waals surface area contributed by atoms with E-state index in [0.717, 1.165) is 11.6 Å². The largest absolute Gasteiger partial charge is 0.324 e. The summed E-state index contributed by atoms with van der Waals surface area (Å²) < 4.78 is 27.4. The van der Waals surface area contributed by atoms with Crippen LogP contribution >= 0.6 is 0 Å². The Kier molecular flexibility index (Phi) is 3.19. The number of benzene rings is 1. The standard InChI is InChI=1S/C12H13F2N3/c1-17-7-9(6-16-17)12(15)5-8-2-3-10(13)11(14)4-8/h2-4,6-7,12H,5,15H2,1H3. The molecular weight excluding hydrogens is 224 g/mol. The number of hydrogen-bond donors (Lipinski definition) is 1. The number of nitrogens with zero attached hydrogens (tertiary/aromatic N) is 2. The van der Waals surface area contributed by atoms with Gasteiger partial charge in [0.15, 0.2) is 11.6 Å². The minimum atomic E-state index is -0.846. The van der Waals surface area contributed by atoms with Gasteiger partial charge in [0.2, 0.25) is 0 Å². The van der Waals surface area contributed by atoms with E-state index in [1.807, 2.05) is 6.20 Å². The second-order valence-corrected chi connectivity index (χ2v) is 4.01. The van der Waals surface area contributed by atoms with Crippen LogP contribution in [-0.4, -0.2) is 9.78 Å². The fraction of sp³-hybridized carbons (Fsp3) is 0.250. The van der Waals surface area contributed by atoms with Crippen LogP contribution in [0.2, 0.25) is 0 Å². The van der Waals surface area contributed by atoms with E-state index >= 15 is 0 Å². The third-order valence-corrected chi connectivity index (χ3v) is 2.59. The van der Waals surface area contributed by atoms with Crippen molar-refractivity contribution in [2.75, 3.05) is 0 Å². The van der Waals surface area contributed by atoms with Crippen molar-refractivity contribution in [3.63, 3.8) is 0 Å². The van der Waals surface area contributed by atoms with Gasteiger partial charge in [0.05, 0.1) is 6.20 Å². The van der Waals surface area contributed by atoms with Crippen LogP contribution in [0.1, 0.15) is 17.2 Å². The predicted octanol–water partition coefficient (Wildman–Crippen LogP) is 1.94. The van der Waals surface area contributed by atoms with Crippen LogP contribution in [0.25, 0.3) is 0 Å². The Bertz CT molecular complexity index is 522. The van der Waals surface area contributed by atoms with Crippen LogP contribution in [0.5, 0.6) is 0 Å². The summed E-state index contributed by atoms with van der Waals surface area (Å²) in [5, 5.41) is 4.01. The van der Waals surface area contributed by atoms with Crippen molar-refractivity contribution in [3.05, 3.63) is 53.4 Å². The second kappa shape index (κ2) is 4.63. The molecule has 0 aliphatic rings. The minimum Gasteiger partial charge on any atom is -0.324 e. The van der Waals surface area contributed by atoms with E-state index in [1.165, 1.54) is 12.1 Å². The molecule has 0 radical (unpaired) electrons. The maximum Gasteiger partial charge on any atom is 0.159 e. The van der Waals surface area contributed by atoms with Gasteiger partial charge in [0.1, 0.15) is 0 Å². The third-order valence-electron chi connectivity index (χ3n) is 2.59. The molecule has 1 aromatic heterocycles. The van der Waals surface area contributed by atoms with Gasteiger partial charge in [-0.25, -0.2) is 8.78 Å². The third kappa shape index (κ3) is 2.68. The highest BCUT2D eigenvalue weighted by Gasteiger charge is 2.10. The highest BCUT2D eigenvalue weighted by molar-refractivity contribution is 5.21. The first-order valence-corrected chi connectivity index (χ1v) is 5.24. The molecule has 1 heterocycles. The van der Waals surface area contributed by atoms with E-state index in [4.69, 9.17) is 5.73 Å². The Labute approximate surface area is 97.9 Å². The first-order valence-electron chi connectivity index (χ1n) is 5.24. The smallest absolute Gasteiger partial charge is 0.159 e. The van der Waals surface area contributed by atoms with Gasteiger partial charge < -0.3 is 5.73 Å². The Morgan fingerprint density at radius 2 is 2.12 bits per heavy atom. The van der Waals surface area contributed by atoms with Gasteiger partial charge in [0, 0.05) is 24.8 Å². The molecule has 0 saturated carbocycles. The van der Waals surface area contributed by atoms with Crippen molar-refractivity contribution in [3.8, 4) is 0 Å². The van der Waals surface area contributed by atoms with Crippen molar-refractivity contribution < 1.29 is 8.78 Å². The van der Waals surface area contributed by atoms with Gasteiger partial charge in [-0.2, -0.15) is 5.10 Å². The van der Waals surface area contributed by atoms with Gasteiger partial charge in [-0.15, -0.1) is 0 Å². The summed E-state index contributed by atoms with van der Waals surface area (Å²) in [5.41, 5.74) is 7.50. The Morgan fingerprint density at radius 3 is 2.71 bits per heavy atom. The second-order valence-electron chi connectivity index (χ2n) is 4.01. The first kappa shape index (κ1) is 11.7. The van der Waals surface area contributed by atoms with E-state index in [-0.39, 0.29) is 6.04 Å². The van der Waals surface area contributed by atoms with E-state index in [2.05, 4.69) is 5.10 Å². The number of aromatic nitrogens is 2. The molecule has 0 aliphatic carbocycles. The van der Waals surface area contributed by atoms with Crippen LogP contribution < -0.4 is 5.73 Å². The summed E-state index contributed by atoms with van der Waals surface area (Å²) >= 11 is 0. The van der Waals surface area contributed by atoms with Crippen molar-refractivity contribution in [1.29, 1.82) is 0 Å². The quantitative estimate of drug-likeness (QED) is 0.886. The van der Waals surface area contributed by atoms with Crippen molar-refractivity contribution >= 4 is 0 Å². The maximum absolute atomic E-state index is 13.0. The van der Waals surface area contributed by atoms with E-state index in [9.17, 15) is 8.78 Å². The summed E-state index contributed by atoms with van der Waals surface area (Å²) in [6, 6.07) is 3.55. The van der Waals surface area contributed by atoms with Crippen LogP contribution in [0, 0.1) is 11.6 Å². The Balaban J connectivity index is 2.12. The molecule has 0 spiro atoms. The van der Waals surface area contributed by atoms with Gasteiger partial charge in [0.25, 0.3) is 0 Å². The number of hydrogen-bond acceptors (Lipinski definition) is 2. The maximum atomic E-state index is 13.0. The minimum absolute atomic E-state index is 0.270. The fourth-order valence-electron chi connectivity index (χ4n) is 1.67. The normalized spacial score (nSPS) is 12.7. The van der Waals surface area contributed by atoms with Crippen LogP contribution in [-0.2, 0) is 13.5 Å². The lowest BCUT2D eigenvalue weighted by molar-refractivity contribution is 0.506. The molecule has 0 amide bonds. The SMILES string of the molecule is Cn1cc(C(N)Cc2ccc(F)c(F)c2)cn1. The molecule has 1 aromatic carbocycles. The van der Waals surface area contributed by atoms with Crippen LogP contribution in [0.15, 0.2) is 30.6 Å². The van der Waals surface area contributed by atoms with Crippen LogP contribution in [0.4, 0.5) is 8.78 Å². The van der Waals surface area contributed by atoms with E-state index in [0.29, 0.717) is 12.0 Å². The van der Waals surface area contributed by atoms with Crippen LogP contribution in [0.3, 0.4) is 0 Å². The molecule has 5 heteroatoms. The summed E-state index contributed by atoms with van der Waals surface area (Å²) in [5.74, 6) is -1.69. The zero-order chi connectivity index (χ0) is 12.4. The van der Waals surface area contributed by atoms with Gasteiger partial charge in [-0.1, -0.05) is 6.07 Å². The summed E-state index contributed by atoms with van der Waals surface area (Å²) in [6.45, 7) is 0. The summed E-state index contributed by atoms with van der Waals surface area (Å²) in [4.78, 5) is 0. The van der Waals surface area contributed by atoms with E-state index < -0.39 is 11.6 Å². The van der Waals surface area contributed by atoms with E-state index in [1.54, 1.807) is 17.9 Å². The lowest BCUT2D eigenvalue weighted by atomic mass is 10.0. The highest BCUT2D eigenvalue weighted by Crippen LogP contribution is 2.17. The number of halogens is 2. The fourth-order valence-corrected chi connectivity index (χ4v) is 1.67. The monoisotopic (exact) mass is 237 g/mol. The van der Waals surface area contributed by atoms with Gasteiger partial charge in [-0.05, 0) is 24.1 Å². The zero-order valence-electron chi connectivity index (χ0n) is 9.40. The lowest BCUT2D eigenvalue weighted by Gasteiger charge is -2.09. The Morgan fingerprint density at radius 1 is 1.35 bits per heavy atom. The molecule has 0 bridgehead atoms. The zero-order valence-corrected chi connectivity index (χ0v) is 9.40. The molecule has 0 saturated heterocycles. The lowest BCUT2D eigenvalue weighted by Crippen LogP contribution is -2.12. The molecule has 2 aromatic rings. The van der Waals surface area contributed by atoms with Crippen molar-refractivity contribution in [2.45, 2.75) is 12.5 Å². The average Bonchev–Trinajstić information content (AvgIpc) is 2.70. The molecular formula is C12H13F2N3. The summed E-state index contributed by atoms with van der Waals surface area (Å²) in [7, 11) is 1.80. The predicted molar refractivity (Wildman–Crippen MR) is 60.2 cm³/mol. The molecule has 2 N–H and O–H groups in total. The molecule has 2 rings (SSSR count). The highest BCUT2D eigenvalue weighted by atomic mass is 19.2. The van der Waals surface area contributed by atoms with Gasteiger partial charge >= 0.3 is 0 Å². The average molecular weight is 237 g/mol. The topological polar surface area (TPSA) is 43.8 Å². The van der Waals surface area contributed by atoms with Gasteiger partial charge in [-0.3, -0.25) is 4.68 Å². The molecule has 90 valence electrons. The number of rotatable bonds is 3. The van der Waals surface area contributed by atoms with Crippen molar-refractivity contribution in [2.24, 2.45) is 12.8 Å². The molecule has 1 unspecified atom stereocenters. The molecule has 1 atom stereocenters. The molecule has 3 nitrogen and oxygen atoms in total. The number of aryl methyl sites for hydroxylation is 1. The Hall–Kier alpha value is -1.75. The molecule has 17 heavy (non-hydrogen) atoms. The number of nitrogens with two attached hydrogens (primary N) is 1. The summed E-state index contributed by atoms with van der Waals surface area (Å²) in [6.07, 6.45) is 3.93. The van der Waals surface area contributed by atoms with Crippen molar-refractivity contribution in [1.82, 2.24) is 9.78 Å². The molecule has 0 fully saturated rings. The molecule has 0 aliphatic heterocycles. The first-order chi connectivity index (χ1) is 8.06.